The summed E-state index contributed by atoms with van der Waals surface area (Å²) in [6, 6.07) is 0. The zero-order chi connectivity index (χ0) is 13.4. The van der Waals surface area contributed by atoms with Gasteiger partial charge in [-0.1, -0.05) is 12.2 Å². The highest BCUT2D eigenvalue weighted by molar-refractivity contribution is 5.72. The Kier molecular flexibility index (Phi) is 6.63. The van der Waals surface area contributed by atoms with E-state index >= 15 is 0 Å². The average Bonchev–Trinajstić information content (AvgIpc) is 2.43. The van der Waals surface area contributed by atoms with E-state index in [1.54, 1.807) is 0 Å². The molecule has 1 rings (SSSR count). The summed E-state index contributed by atoms with van der Waals surface area (Å²) in [5, 5.41) is 0. The Morgan fingerprint density at radius 2 is 1.17 bits per heavy atom. The molecule has 0 aromatic heterocycles. The van der Waals surface area contributed by atoms with E-state index in [9.17, 15) is 9.59 Å². The molecule has 18 heavy (non-hydrogen) atoms. The summed E-state index contributed by atoms with van der Waals surface area (Å²) < 4.78 is 0. The van der Waals surface area contributed by atoms with Gasteiger partial charge in [-0.15, -0.1) is 0 Å². The number of carbonyl (C=O) groups excluding carboxylic acids is 2. The van der Waals surface area contributed by atoms with Crippen LogP contribution in [0.25, 0.3) is 0 Å². The zero-order valence-electron chi connectivity index (χ0n) is 11.5. The molecule has 0 aromatic carbocycles. The minimum Gasteiger partial charge on any atom is -0.298 e. The second-order valence-electron chi connectivity index (χ2n) is 5.49. The fourth-order valence-electron chi connectivity index (χ4n) is 2.50. The Morgan fingerprint density at radius 3 is 1.44 bits per heavy atom. The lowest BCUT2D eigenvalue weighted by molar-refractivity contribution is -0.105. The van der Waals surface area contributed by atoms with Crippen LogP contribution >= 0.6 is 0 Å². The van der Waals surface area contributed by atoms with Crippen LogP contribution in [0.3, 0.4) is 0 Å². The molecule has 0 bridgehead atoms. The molecule has 0 radical (unpaired) electrons. The standard InChI is InChI=1S/C16H24O2/c1-13(11-17)3-5-15-7-9-16(10-8-15)6-4-14(2)12-18/h3-4,11-12,15-16H,5-10H2,1-2H3. The van der Waals surface area contributed by atoms with Gasteiger partial charge in [0.05, 0.1) is 0 Å². The van der Waals surface area contributed by atoms with Crippen molar-refractivity contribution in [2.24, 2.45) is 11.8 Å². The van der Waals surface area contributed by atoms with Crippen molar-refractivity contribution < 1.29 is 9.59 Å². The quantitative estimate of drug-likeness (QED) is 0.528. The molecule has 0 aliphatic heterocycles. The lowest BCUT2D eigenvalue weighted by Gasteiger charge is -2.27. The van der Waals surface area contributed by atoms with Gasteiger partial charge in [-0.25, -0.2) is 0 Å². The van der Waals surface area contributed by atoms with Crippen molar-refractivity contribution in [3.63, 3.8) is 0 Å². The Bertz CT molecular complexity index is 297. The maximum atomic E-state index is 10.5. The van der Waals surface area contributed by atoms with Crippen LogP contribution in [0.1, 0.15) is 52.4 Å². The molecule has 0 N–H and O–H groups in total. The number of hydrogen-bond donors (Lipinski definition) is 0. The number of aldehydes is 2. The zero-order valence-corrected chi connectivity index (χ0v) is 11.5. The fraction of sp³-hybridized carbons (Fsp3) is 0.625. The van der Waals surface area contributed by atoms with Crippen LogP contribution in [0.5, 0.6) is 0 Å². The van der Waals surface area contributed by atoms with Crippen molar-refractivity contribution in [2.45, 2.75) is 52.4 Å². The van der Waals surface area contributed by atoms with Gasteiger partial charge in [0, 0.05) is 0 Å². The van der Waals surface area contributed by atoms with Crippen LogP contribution in [0.4, 0.5) is 0 Å². The highest BCUT2D eigenvalue weighted by Crippen LogP contribution is 2.33. The third-order valence-corrected chi connectivity index (χ3v) is 3.88. The van der Waals surface area contributed by atoms with Crippen molar-refractivity contribution >= 4 is 12.6 Å². The Balaban J connectivity index is 2.28. The van der Waals surface area contributed by atoms with Gasteiger partial charge in [0.2, 0.25) is 0 Å². The summed E-state index contributed by atoms with van der Waals surface area (Å²) in [5.41, 5.74) is 1.70. The average molecular weight is 248 g/mol. The summed E-state index contributed by atoms with van der Waals surface area (Å²) in [6.45, 7) is 3.73. The van der Waals surface area contributed by atoms with Crippen molar-refractivity contribution in [1.82, 2.24) is 0 Å². The SMILES string of the molecule is CC(C=O)=CCC1CCC(CC=C(C)C=O)CC1. The summed E-state index contributed by atoms with van der Waals surface area (Å²) in [5.74, 6) is 1.49. The van der Waals surface area contributed by atoms with Crippen LogP contribution < -0.4 is 0 Å². The molecule has 1 fully saturated rings. The maximum Gasteiger partial charge on any atom is 0.145 e. The molecule has 0 spiro atoms. The highest BCUT2D eigenvalue weighted by Gasteiger charge is 2.19. The van der Waals surface area contributed by atoms with Crippen molar-refractivity contribution in [3.05, 3.63) is 23.3 Å². The molecule has 2 nitrogen and oxygen atoms in total. The molecule has 0 saturated heterocycles. The van der Waals surface area contributed by atoms with E-state index in [1.165, 1.54) is 25.7 Å². The molecule has 1 aliphatic rings. The first kappa shape index (κ1) is 14.9. The number of rotatable bonds is 6. The second-order valence-corrected chi connectivity index (χ2v) is 5.49. The molecule has 1 saturated carbocycles. The van der Waals surface area contributed by atoms with E-state index in [4.69, 9.17) is 0 Å². The van der Waals surface area contributed by atoms with Crippen molar-refractivity contribution in [1.29, 1.82) is 0 Å². The topological polar surface area (TPSA) is 34.1 Å². The van der Waals surface area contributed by atoms with Gasteiger partial charge in [-0.3, -0.25) is 9.59 Å². The molecule has 0 heterocycles. The minimum absolute atomic E-state index is 0.743. The summed E-state index contributed by atoms with van der Waals surface area (Å²) in [4.78, 5) is 21.0. The van der Waals surface area contributed by atoms with Crippen LogP contribution in [0.15, 0.2) is 23.3 Å². The van der Waals surface area contributed by atoms with Crippen LogP contribution in [-0.2, 0) is 9.59 Å². The van der Waals surface area contributed by atoms with Gasteiger partial charge in [-0.2, -0.15) is 0 Å². The Morgan fingerprint density at radius 1 is 0.833 bits per heavy atom. The largest absolute Gasteiger partial charge is 0.298 e. The van der Waals surface area contributed by atoms with Crippen LogP contribution in [0.2, 0.25) is 0 Å². The highest BCUT2D eigenvalue weighted by atomic mass is 16.1. The second kappa shape index (κ2) is 8.02. The van der Waals surface area contributed by atoms with E-state index in [1.807, 2.05) is 13.8 Å². The van der Waals surface area contributed by atoms with Crippen LogP contribution in [-0.4, -0.2) is 12.6 Å². The Labute approximate surface area is 110 Å². The molecular formula is C16H24O2. The van der Waals surface area contributed by atoms with Gasteiger partial charge >= 0.3 is 0 Å². The van der Waals surface area contributed by atoms with Gasteiger partial charge in [0.25, 0.3) is 0 Å². The molecule has 0 atom stereocenters. The molecule has 1 aliphatic carbocycles. The maximum absolute atomic E-state index is 10.5. The molecule has 100 valence electrons. The smallest absolute Gasteiger partial charge is 0.145 e. The van der Waals surface area contributed by atoms with E-state index in [0.717, 1.165) is 48.4 Å². The first-order valence-electron chi connectivity index (χ1n) is 6.89. The molecule has 2 heteroatoms. The molecule has 0 aromatic rings. The summed E-state index contributed by atoms with van der Waals surface area (Å²) in [6.07, 6.45) is 13.1. The van der Waals surface area contributed by atoms with E-state index in [2.05, 4.69) is 12.2 Å². The van der Waals surface area contributed by atoms with Gasteiger partial charge < -0.3 is 0 Å². The first-order valence-corrected chi connectivity index (χ1v) is 6.89. The predicted molar refractivity (Wildman–Crippen MR) is 74.3 cm³/mol. The lowest BCUT2D eigenvalue weighted by Crippen LogP contribution is -2.13. The molecular weight excluding hydrogens is 224 g/mol. The number of allylic oxidation sites excluding steroid dienone is 4. The summed E-state index contributed by atoms with van der Waals surface area (Å²) in [7, 11) is 0. The fourth-order valence-corrected chi connectivity index (χ4v) is 2.50. The van der Waals surface area contributed by atoms with Crippen molar-refractivity contribution in [2.75, 3.05) is 0 Å². The minimum atomic E-state index is 0.743. The van der Waals surface area contributed by atoms with E-state index < -0.39 is 0 Å². The lowest BCUT2D eigenvalue weighted by atomic mass is 9.79. The van der Waals surface area contributed by atoms with E-state index in [0.29, 0.717) is 0 Å². The third-order valence-electron chi connectivity index (χ3n) is 3.88. The summed E-state index contributed by atoms with van der Waals surface area (Å²) >= 11 is 0. The number of carbonyl (C=O) groups is 2. The van der Waals surface area contributed by atoms with E-state index in [-0.39, 0.29) is 0 Å². The Hall–Kier alpha value is -1.18. The predicted octanol–water partition coefficient (Wildman–Crippen LogP) is 3.86. The normalized spacial score (nSPS) is 25.9. The van der Waals surface area contributed by atoms with Gasteiger partial charge in [0.15, 0.2) is 0 Å². The van der Waals surface area contributed by atoms with Gasteiger partial charge in [-0.05, 0) is 75.4 Å². The van der Waals surface area contributed by atoms with Crippen LogP contribution in [0, 0.1) is 11.8 Å². The molecule has 0 amide bonds. The third kappa shape index (κ3) is 5.44. The first-order chi connectivity index (χ1) is 8.65. The van der Waals surface area contributed by atoms with Crippen molar-refractivity contribution in [3.8, 4) is 0 Å². The van der Waals surface area contributed by atoms with Gasteiger partial charge in [0.1, 0.15) is 12.6 Å². The number of hydrogen-bond acceptors (Lipinski definition) is 2. The monoisotopic (exact) mass is 248 g/mol. The molecule has 0 unspecified atom stereocenters.